The number of aliphatic imine (C=N–C) groups is 1. The monoisotopic (exact) mass is 371 g/mol. The van der Waals surface area contributed by atoms with Gasteiger partial charge in [-0.3, -0.25) is 9.59 Å². The first-order chi connectivity index (χ1) is 13.1. The Morgan fingerprint density at radius 3 is 2.89 bits per heavy atom. The van der Waals surface area contributed by atoms with Crippen molar-refractivity contribution in [3.63, 3.8) is 0 Å². The standard InChI is InChI=1S/C20H29N5O2/c1-2-22-20(24-10-5-6-15(14-24)12-18(21)26)23-13-19(27)25-11-9-16-7-3-4-8-17(16)25/h3-4,7-8,15H,2,5-6,9-14H2,1H3,(H2,21,26)(H,22,23). The van der Waals surface area contributed by atoms with Crippen molar-refractivity contribution >= 4 is 23.5 Å². The van der Waals surface area contributed by atoms with E-state index in [0.29, 0.717) is 13.0 Å². The van der Waals surface area contributed by atoms with E-state index < -0.39 is 0 Å². The van der Waals surface area contributed by atoms with Gasteiger partial charge >= 0.3 is 0 Å². The number of likely N-dealkylation sites (tertiary alicyclic amines) is 1. The molecular formula is C20H29N5O2. The second-order valence-electron chi connectivity index (χ2n) is 7.22. The molecule has 0 aromatic heterocycles. The largest absolute Gasteiger partial charge is 0.370 e. The molecule has 2 heterocycles. The van der Waals surface area contributed by atoms with Gasteiger partial charge in [-0.05, 0) is 43.7 Å². The summed E-state index contributed by atoms with van der Waals surface area (Å²) in [7, 11) is 0. The average Bonchev–Trinajstić information content (AvgIpc) is 3.09. The number of para-hydroxylation sites is 1. The van der Waals surface area contributed by atoms with Crippen molar-refractivity contribution in [2.45, 2.75) is 32.6 Å². The average molecular weight is 371 g/mol. The molecule has 3 N–H and O–H groups in total. The number of carbonyl (C=O) groups excluding carboxylic acids is 2. The molecule has 2 aliphatic rings. The molecule has 7 heteroatoms. The molecule has 0 bridgehead atoms. The fourth-order valence-electron chi connectivity index (χ4n) is 3.96. The number of guanidine groups is 1. The van der Waals surface area contributed by atoms with Crippen molar-refractivity contribution in [3.8, 4) is 0 Å². The molecule has 1 atom stereocenters. The molecule has 7 nitrogen and oxygen atoms in total. The molecule has 2 aliphatic heterocycles. The summed E-state index contributed by atoms with van der Waals surface area (Å²) >= 11 is 0. The maximum atomic E-state index is 12.7. The summed E-state index contributed by atoms with van der Waals surface area (Å²) in [5.41, 5.74) is 7.57. The Kier molecular flexibility index (Phi) is 6.32. The predicted molar refractivity (Wildman–Crippen MR) is 107 cm³/mol. The Hall–Kier alpha value is -2.57. The molecule has 0 radical (unpaired) electrons. The molecule has 0 spiro atoms. The predicted octanol–water partition coefficient (Wildman–Crippen LogP) is 1.13. The minimum absolute atomic E-state index is 0.0149. The number of amides is 2. The number of anilines is 1. The third-order valence-electron chi connectivity index (χ3n) is 5.20. The van der Waals surface area contributed by atoms with Gasteiger partial charge in [-0.15, -0.1) is 0 Å². The fraction of sp³-hybridized carbons (Fsp3) is 0.550. The van der Waals surface area contributed by atoms with Gasteiger partial charge in [-0.1, -0.05) is 18.2 Å². The number of hydrogen-bond acceptors (Lipinski definition) is 3. The van der Waals surface area contributed by atoms with Gasteiger partial charge in [0.05, 0.1) is 0 Å². The number of nitrogens with zero attached hydrogens (tertiary/aromatic N) is 3. The summed E-state index contributed by atoms with van der Waals surface area (Å²) < 4.78 is 0. The first-order valence-corrected chi connectivity index (χ1v) is 9.78. The van der Waals surface area contributed by atoms with Crippen molar-refractivity contribution in [1.29, 1.82) is 0 Å². The van der Waals surface area contributed by atoms with Crippen LogP contribution in [0.25, 0.3) is 0 Å². The lowest BCUT2D eigenvalue weighted by Gasteiger charge is -2.34. The zero-order chi connectivity index (χ0) is 19.2. The van der Waals surface area contributed by atoms with Gasteiger partial charge in [0, 0.05) is 38.3 Å². The number of carbonyl (C=O) groups is 2. The van der Waals surface area contributed by atoms with Crippen LogP contribution in [0, 0.1) is 5.92 Å². The van der Waals surface area contributed by atoms with Gasteiger partial charge in [0.2, 0.25) is 11.8 Å². The Labute approximate surface area is 160 Å². The van der Waals surface area contributed by atoms with E-state index in [9.17, 15) is 9.59 Å². The lowest BCUT2D eigenvalue weighted by molar-refractivity contribution is -0.119. The van der Waals surface area contributed by atoms with Crippen LogP contribution in [0.5, 0.6) is 0 Å². The molecule has 27 heavy (non-hydrogen) atoms. The van der Waals surface area contributed by atoms with Crippen LogP contribution in [0.15, 0.2) is 29.3 Å². The number of hydrogen-bond donors (Lipinski definition) is 2. The number of nitrogens with two attached hydrogens (primary N) is 1. The minimum Gasteiger partial charge on any atom is -0.370 e. The molecule has 1 unspecified atom stereocenters. The number of rotatable bonds is 5. The van der Waals surface area contributed by atoms with E-state index in [1.807, 2.05) is 30.0 Å². The second kappa shape index (κ2) is 8.88. The first kappa shape index (κ1) is 19.2. The summed E-state index contributed by atoms with van der Waals surface area (Å²) in [6.07, 6.45) is 3.30. The quantitative estimate of drug-likeness (QED) is 0.600. The van der Waals surface area contributed by atoms with E-state index >= 15 is 0 Å². The molecule has 1 fully saturated rings. The molecule has 2 amide bonds. The van der Waals surface area contributed by atoms with E-state index in [4.69, 9.17) is 5.73 Å². The molecular weight excluding hydrogens is 342 g/mol. The van der Waals surface area contributed by atoms with Crippen LogP contribution >= 0.6 is 0 Å². The maximum absolute atomic E-state index is 12.7. The fourth-order valence-corrected chi connectivity index (χ4v) is 3.96. The highest BCUT2D eigenvalue weighted by molar-refractivity contribution is 5.98. The van der Waals surface area contributed by atoms with Crippen LogP contribution in [-0.2, 0) is 16.0 Å². The van der Waals surface area contributed by atoms with Crippen LogP contribution in [0.4, 0.5) is 5.69 Å². The summed E-state index contributed by atoms with van der Waals surface area (Å²) in [6.45, 7) is 5.20. The highest BCUT2D eigenvalue weighted by Crippen LogP contribution is 2.27. The summed E-state index contributed by atoms with van der Waals surface area (Å²) in [5, 5.41) is 3.28. The van der Waals surface area contributed by atoms with Gasteiger partial charge in [0.1, 0.15) is 6.54 Å². The van der Waals surface area contributed by atoms with E-state index in [1.165, 1.54) is 5.56 Å². The molecule has 146 valence electrons. The third kappa shape index (κ3) is 4.78. The Morgan fingerprint density at radius 2 is 2.11 bits per heavy atom. The van der Waals surface area contributed by atoms with Gasteiger partial charge < -0.3 is 20.9 Å². The SMILES string of the molecule is CCNC(=NCC(=O)N1CCc2ccccc21)N1CCCC(CC(N)=O)C1. The van der Waals surface area contributed by atoms with Crippen LogP contribution in [0.3, 0.4) is 0 Å². The van der Waals surface area contributed by atoms with E-state index in [0.717, 1.165) is 50.5 Å². The highest BCUT2D eigenvalue weighted by atomic mass is 16.2. The number of fused-ring (bicyclic) bond motifs is 1. The highest BCUT2D eigenvalue weighted by Gasteiger charge is 2.26. The normalized spacial score (nSPS) is 19.7. The van der Waals surface area contributed by atoms with Gasteiger partial charge in [-0.25, -0.2) is 4.99 Å². The van der Waals surface area contributed by atoms with Gasteiger partial charge in [-0.2, -0.15) is 0 Å². The molecule has 3 rings (SSSR count). The zero-order valence-electron chi connectivity index (χ0n) is 16.0. The van der Waals surface area contributed by atoms with Crippen molar-refractivity contribution < 1.29 is 9.59 Å². The summed E-state index contributed by atoms with van der Waals surface area (Å²) in [4.78, 5) is 32.5. The van der Waals surface area contributed by atoms with E-state index in [-0.39, 0.29) is 24.3 Å². The molecule has 1 aromatic rings. The second-order valence-corrected chi connectivity index (χ2v) is 7.22. The van der Waals surface area contributed by atoms with Crippen LogP contribution in [-0.4, -0.2) is 55.4 Å². The topological polar surface area (TPSA) is 91.0 Å². The minimum atomic E-state index is -0.258. The Bertz CT molecular complexity index is 718. The molecule has 0 saturated carbocycles. The van der Waals surface area contributed by atoms with Gasteiger partial charge in [0.15, 0.2) is 5.96 Å². The van der Waals surface area contributed by atoms with Crippen molar-refractivity contribution in [3.05, 3.63) is 29.8 Å². The molecule has 1 saturated heterocycles. The van der Waals surface area contributed by atoms with Gasteiger partial charge in [0.25, 0.3) is 0 Å². The van der Waals surface area contributed by atoms with Crippen LogP contribution in [0.1, 0.15) is 31.7 Å². The Morgan fingerprint density at radius 1 is 1.30 bits per heavy atom. The van der Waals surface area contributed by atoms with Crippen LogP contribution in [0.2, 0.25) is 0 Å². The number of primary amides is 1. The summed E-state index contributed by atoms with van der Waals surface area (Å²) in [5.74, 6) is 0.751. The Balaban J connectivity index is 1.65. The van der Waals surface area contributed by atoms with Crippen LogP contribution < -0.4 is 16.0 Å². The smallest absolute Gasteiger partial charge is 0.248 e. The number of benzene rings is 1. The lowest BCUT2D eigenvalue weighted by Crippen LogP contribution is -2.47. The maximum Gasteiger partial charge on any atom is 0.248 e. The van der Waals surface area contributed by atoms with Crippen molar-refractivity contribution in [1.82, 2.24) is 10.2 Å². The molecule has 1 aromatic carbocycles. The summed E-state index contributed by atoms with van der Waals surface area (Å²) in [6, 6.07) is 8.04. The first-order valence-electron chi connectivity index (χ1n) is 9.78. The molecule has 0 aliphatic carbocycles. The number of nitrogens with one attached hydrogen (secondary N) is 1. The zero-order valence-corrected chi connectivity index (χ0v) is 16.0. The van der Waals surface area contributed by atoms with E-state index in [1.54, 1.807) is 0 Å². The van der Waals surface area contributed by atoms with E-state index in [2.05, 4.69) is 21.3 Å². The lowest BCUT2D eigenvalue weighted by atomic mass is 9.95. The van der Waals surface area contributed by atoms with Crippen molar-refractivity contribution in [2.75, 3.05) is 37.6 Å². The third-order valence-corrected chi connectivity index (χ3v) is 5.20. The van der Waals surface area contributed by atoms with Crippen molar-refractivity contribution in [2.24, 2.45) is 16.6 Å². The number of piperidine rings is 1.